The van der Waals surface area contributed by atoms with E-state index in [2.05, 4.69) is 266 Å². The van der Waals surface area contributed by atoms with Crippen LogP contribution in [0.3, 0.4) is 0 Å². The Balaban J connectivity index is 1.05. The second-order valence-electron chi connectivity index (χ2n) is 16.1. The lowest BCUT2D eigenvalue weighted by molar-refractivity contribution is 1.28. The number of hydrogen-bond donors (Lipinski definition) is 0. The van der Waals surface area contributed by atoms with E-state index in [4.69, 9.17) is 0 Å². The first kappa shape index (κ1) is 37.7. The van der Waals surface area contributed by atoms with Gasteiger partial charge < -0.3 is 4.90 Å². The normalized spacial score (nSPS) is 11.2. The molecule has 0 amide bonds. The van der Waals surface area contributed by atoms with Crippen molar-refractivity contribution in [2.75, 3.05) is 4.90 Å². The smallest absolute Gasteiger partial charge is 0.0540 e. The van der Waals surface area contributed by atoms with Crippen LogP contribution in [0.1, 0.15) is 0 Å². The van der Waals surface area contributed by atoms with Crippen LogP contribution in [-0.4, -0.2) is 0 Å². The van der Waals surface area contributed by atoms with E-state index in [1.165, 1.54) is 82.7 Å². The molecule has 0 unspecified atom stereocenters. The van der Waals surface area contributed by atoms with Gasteiger partial charge in [-0.3, -0.25) is 0 Å². The molecule has 0 aliphatic rings. The number of para-hydroxylation sites is 1. The molecular weight excluding hydrogens is 759 g/mol. The molecule has 63 heavy (non-hydrogen) atoms. The zero-order chi connectivity index (χ0) is 42.0. The highest BCUT2D eigenvalue weighted by Crippen LogP contribution is 2.46. The van der Waals surface area contributed by atoms with E-state index in [1.807, 2.05) is 0 Å². The van der Waals surface area contributed by atoms with E-state index in [0.717, 1.165) is 22.6 Å². The largest absolute Gasteiger partial charge is 0.310 e. The maximum absolute atomic E-state index is 2.43. The van der Waals surface area contributed by atoms with Crippen molar-refractivity contribution in [1.29, 1.82) is 0 Å². The molecule has 1 nitrogen and oxygen atoms in total. The van der Waals surface area contributed by atoms with Crippen molar-refractivity contribution < 1.29 is 0 Å². The first-order valence-electron chi connectivity index (χ1n) is 21.7. The highest BCUT2D eigenvalue weighted by Gasteiger charge is 2.21. The average Bonchev–Trinajstić information content (AvgIpc) is 3.37. The van der Waals surface area contributed by atoms with Crippen molar-refractivity contribution >= 4 is 38.6 Å². The van der Waals surface area contributed by atoms with Crippen LogP contribution in [0, 0.1) is 0 Å². The van der Waals surface area contributed by atoms with Gasteiger partial charge in [0.25, 0.3) is 0 Å². The van der Waals surface area contributed by atoms with Crippen LogP contribution < -0.4 is 4.90 Å². The summed E-state index contributed by atoms with van der Waals surface area (Å²) >= 11 is 0. The molecule has 11 aromatic carbocycles. The number of nitrogens with zero attached hydrogens (tertiary/aromatic N) is 1. The first-order chi connectivity index (χ1) is 31.2. The van der Waals surface area contributed by atoms with E-state index in [-0.39, 0.29) is 0 Å². The van der Waals surface area contributed by atoms with Gasteiger partial charge in [-0.25, -0.2) is 0 Å². The number of anilines is 3. The standard InChI is InChI=1S/C62H43N/c1-2-16-44(17-3-1)46-32-35-48(36-33-46)57-25-8-9-26-58(57)59-27-10-11-28-60(59)61-29-12-13-31-62(61)63(53-40-38-49(39-41-53)56-30-15-21-47-19-6-7-24-55(47)56)54-23-14-22-51(43-54)52-37-34-45-18-4-5-20-50(45)42-52/h1-43H. The zero-order valence-corrected chi connectivity index (χ0v) is 34.8. The van der Waals surface area contributed by atoms with Crippen molar-refractivity contribution in [2.45, 2.75) is 0 Å². The lowest BCUT2D eigenvalue weighted by Gasteiger charge is -2.29. The summed E-state index contributed by atoms with van der Waals surface area (Å²) in [5, 5.41) is 4.96. The Bertz CT molecular complexity index is 3380. The number of benzene rings is 11. The van der Waals surface area contributed by atoms with Crippen LogP contribution in [0.25, 0.3) is 88.3 Å². The molecule has 0 saturated carbocycles. The van der Waals surface area contributed by atoms with E-state index in [9.17, 15) is 0 Å². The van der Waals surface area contributed by atoms with E-state index in [0.29, 0.717) is 0 Å². The fourth-order valence-corrected chi connectivity index (χ4v) is 9.18. The molecule has 0 saturated heterocycles. The van der Waals surface area contributed by atoms with E-state index in [1.54, 1.807) is 0 Å². The SMILES string of the molecule is c1ccc(-c2ccc(-c3ccccc3-c3ccccc3-c3ccccc3N(c3ccc(-c4cccc5ccccc45)cc3)c3cccc(-c4ccc5ccccc5c4)c3)cc2)cc1. The second-order valence-corrected chi connectivity index (χ2v) is 16.1. The van der Waals surface area contributed by atoms with Crippen LogP contribution in [0.15, 0.2) is 261 Å². The Hall–Kier alpha value is -8.26. The van der Waals surface area contributed by atoms with Crippen molar-refractivity contribution in [2.24, 2.45) is 0 Å². The lowest BCUT2D eigenvalue weighted by atomic mass is 9.88. The molecule has 0 bridgehead atoms. The Kier molecular flexibility index (Phi) is 9.97. The average molecular weight is 802 g/mol. The van der Waals surface area contributed by atoms with E-state index < -0.39 is 0 Å². The number of fused-ring (bicyclic) bond motifs is 2. The minimum absolute atomic E-state index is 1.08. The van der Waals surface area contributed by atoms with Gasteiger partial charge in [-0.05, 0) is 119 Å². The summed E-state index contributed by atoms with van der Waals surface area (Å²) in [6, 6.07) is 94.7. The van der Waals surface area contributed by atoms with Gasteiger partial charge in [-0.15, -0.1) is 0 Å². The highest BCUT2D eigenvalue weighted by atomic mass is 15.1. The Morgan fingerprint density at radius 1 is 0.206 bits per heavy atom. The van der Waals surface area contributed by atoms with Crippen molar-refractivity contribution in [3.05, 3.63) is 261 Å². The van der Waals surface area contributed by atoms with Gasteiger partial charge >= 0.3 is 0 Å². The van der Waals surface area contributed by atoms with Crippen molar-refractivity contribution in [3.63, 3.8) is 0 Å². The van der Waals surface area contributed by atoms with Crippen LogP contribution in [0.4, 0.5) is 17.1 Å². The molecule has 1 heteroatoms. The van der Waals surface area contributed by atoms with Crippen LogP contribution in [-0.2, 0) is 0 Å². The molecule has 11 rings (SSSR count). The summed E-state index contributed by atoms with van der Waals surface area (Å²) in [5.74, 6) is 0. The van der Waals surface area contributed by atoms with Crippen LogP contribution in [0.2, 0.25) is 0 Å². The summed E-state index contributed by atoms with van der Waals surface area (Å²) in [5.41, 5.74) is 17.6. The van der Waals surface area contributed by atoms with Crippen LogP contribution in [0.5, 0.6) is 0 Å². The van der Waals surface area contributed by atoms with Gasteiger partial charge in [0.15, 0.2) is 0 Å². The van der Waals surface area contributed by atoms with Gasteiger partial charge in [-0.2, -0.15) is 0 Å². The van der Waals surface area contributed by atoms with E-state index >= 15 is 0 Å². The van der Waals surface area contributed by atoms with Crippen LogP contribution >= 0.6 is 0 Å². The highest BCUT2D eigenvalue weighted by molar-refractivity contribution is 5.99. The third kappa shape index (κ3) is 7.37. The molecule has 296 valence electrons. The molecule has 0 heterocycles. The van der Waals surface area contributed by atoms with Gasteiger partial charge in [-0.1, -0.05) is 224 Å². The molecule has 11 aromatic rings. The predicted molar refractivity (Wildman–Crippen MR) is 269 cm³/mol. The molecule has 0 aliphatic carbocycles. The quantitative estimate of drug-likeness (QED) is 0.141. The monoisotopic (exact) mass is 801 g/mol. The Labute approximate surface area is 369 Å². The maximum atomic E-state index is 2.43. The zero-order valence-electron chi connectivity index (χ0n) is 34.8. The topological polar surface area (TPSA) is 3.24 Å². The summed E-state index contributed by atoms with van der Waals surface area (Å²) in [6.07, 6.45) is 0. The summed E-state index contributed by atoms with van der Waals surface area (Å²) in [6.45, 7) is 0. The third-order valence-corrected chi connectivity index (χ3v) is 12.3. The molecule has 0 fully saturated rings. The summed E-state index contributed by atoms with van der Waals surface area (Å²) in [7, 11) is 0. The van der Waals surface area contributed by atoms with Crippen molar-refractivity contribution in [1.82, 2.24) is 0 Å². The molecule has 0 N–H and O–H groups in total. The molecule has 0 spiro atoms. The van der Waals surface area contributed by atoms with Crippen molar-refractivity contribution in [3.8, 4) is 66.8 Å². The lowest BCUT2D eigenvalue weighted by Crippen LogP contribution is -2.11. The molecule has 0 radical (unpaired) electrons. The summed E-state index contributed by atoms with van der Waals surface area (Å²) < 4.78 is 0. The Morgan fingerprint density at radius 3 is 1.44 bits per heavy atom. The van der Waals surface area contributed by atoms with Gasteiger partial charge in [0.2, 0.25) is 0 Å². The predicted octanol–water partition coefficient (Wildman–Crippen LogP) is 17.5. The first-order valence-corrected chi connectivity index (χ1v) is 21.7. The minimum atomic E-state index is 1.08. The number of rotatable bonds is 9. The molecule has 0 atom stereocenters. The second kappa shape index (κ2) is 16.7. The molecular formula is C62H43N. The molecule has 0 aliphatic heterocycles. The van der Waals surface area contributed by atoms with Gasteiger partial charge in [0.05, 0.1) is 5.69 Å². The Morgan fingerprint density at radius 2 is 0.667 bits per heavy atom. The summed E-state index contributed by atoms with van der Waals surface area (Å²) in [4.78, 5) is 2.43. The van der Waals surface area contributed by atoms with Gasteiger partial charge in [0.1, 0.15) is 0 Å². The fourth-order valence-electron chi connectivity index (χ4n) is 9.18. The fraction of sp³-hybridized carbons (Fsp3) is 0. The molecule has 0 aromatic heterocycles. The van der Waals surface area contributed by atoms with Gasteiger partial charge in [0, 0.05) is 16.9 Å². The number of hydrogen-bond acceptors (Lipinski definition) is 1. The maximum Gasteiger partial charge on any atom is 0.0540 e. The minimum Gasteiger partial charge on any atom is -0.310 e. The third-order valence-electron chi connectivity index (χ3n) is 12.3.